The van der Waals surface area contributed by atoms with Crippen LogP contribution in [0.4, 0.5) is 0 Å². The van der Waals surface area contributed by atoms with E-state index < -0.39 is 5.97 Å². The van der Waals surface area contributed by atoms with Crippen LogP contribution < -0.4 is 5.73 Å². The van der Waals surface area contributed by atoms with Gasteiger partial charge in [-0.15, -0.1) is 0 Å². The minimum atomic E-state index is -0.463. The van der Waals surface area contributed by atoms with Crippen molar-refractivity contribution in [3.8, 4) is 0 Å². The summed E-state index contributed by atoms with van der Waals surface area (Å²) in [5.41, 5.74) is 5.09. The van der Waals surface area contributed by atoms with Crippen molar-refractivity contribution >= 4 is 11.9 Å². The summed E-state index contributed by atoms with van der Waals surface area (Å²) in [5.74, 6) is -0.805. The molecular formula is C10H20N2O5. The molecule has 0 unspecified atom stereocenters. The molecule has 0 saturated heterocycles. The maximum absolute atomic E-state index is 11.1. The number of carbonyl (C=O) groups excluding carboxylic acids is 2. The molecule has 0 aliphatic carbocycles. The third-order valence-corrected chi connectivity index (χ3v) is 2.03. The van der Waals surface area contributed by atoms with Gasteiger partial charge in [0.25, 0.3) is 0 Å². The number of ether oxygens (including phenoxy) is 3. The fraction of sp³-hybridized carbons (Fsp3) is 0.800. The molecule has 0 aromatic rings. The van der Waals surface area contributed by atoms with Crippen LogP contribution in [-0.4, -0.2) is 70.5 Å². The minimum Gasteiger partial charge on any atom is -0.468 e. The van der Waals surface area contributed by atoms with E-state index in [-0.39, 0.29) is 25.7 Å². The first kappa shape index (κ1) is 15.8. The number of nitrogens with zero attached hydrogens (tertiary/aromatic N) is 1. The van der Waals surface area contributed by atoms with Gasteiger partial charge in [0.05, 0.1) is 26.8 Å². The van der Waals surface area contributed by atoms with E-state index in [0.717, 1.165) is 0 Å². The number of carbonyl (C=O) groups is 2. The molecule has 0 bridgehead atoms. The van der Waals surface area contributed by atoms with Crippen molar-refractivity contribution in [2.75, 3.05) is 53.6 Å². The second-order valence-corrected chi connectivity index (χ2v) is 3.27. The van der Waals surface area contributed by atoms with Crippen LogP contribution in [-0.2, 0) is 23.8 Å². The highest BCUT2D eigenvalue weighted by molar-refractivity contribution is 5.71. The zero-order chi connectivity index (χ0) is 13.1. The largest absolute Gasteiger partial charge is 0.468 e. The summed E-state index contributed by atoms with van der Waals surface area (Å²) < 4.78 is 14.3. The maximum atomic E-state index is 11.1. The molecular weight excluding hydrogens is 228 g/mol. The van der Waals surface area contributed by atoms with Crippen molar-refractivity contribution in [2.45, 2.75) is 0 Å². The Labute approximate surface area is 101 Å². The fourth-order valence-electron chi connectivity index (χ4n) is 1.08. The van der Waals surface area contributed by atoms with Gasteiger partial charge in [0, 0.05) is 20.2 Å². The number of esters is 2. The highest BCUT2D eigenvalue weighted by Crippen LogP contribution is 1.91. The van der Waals surface area contributed by atoms with E-state index in [1.165, 1.54) is 7.11 Å². The molecule has 100 valence electrons. The van der Waals surface area contributed by atoms with Crippen molar-refractivity contribution in [3.05, 3.63) is 0 Å². The minimum absolute atomic E-state index is 0.139. The Balaban J connectivity index is 3.91. The lowest BCUT2D eigenvalue weighted by molar-refractivity contribution is -0.143. The van der Waals surface area contributed by atoms with Crippen molar-refractivity contribution in [2.24, 2.45) is 5.73 Å². The van der Waals surface area contributed by atoms with E-state index >= 15 is 0 Å². The molecule has 7 heteroatoms. The quantitative estimate of drug-likeness (QED) is 0.502. The second-order valence-electron chi connectivity index (χ2n) is 3.27. The number of nitrogens with two attached hydrogens (primary N) is 1. The normalized spacial score (nSPS) is 10.4. The lowest BCUT2D eigenvalue weighted by Crippen LogP contribution is -2.36. The Kier molecular flexibility index (Phi) is 9.31. The second kappa shape index (κ2) is 10.0. The Morgan fingerprint density at radius 2 is 1.76 bits per heavy atom. The molecule has 0 aromatic carbocycles. The highest BCUT2D eigenvalue weighted by atomic mass is 16.5. The SMILES string of the molecule is COCCN(CCOC(=O)CN)CC(=O)OC. The van der Waals surface area contributed by atoms with Crippen LogP contribution in [0, 0.1) is 0 Å². The van der Waals surface area contributed by atoms with Gasteiger partial charge in [0.1, 0.15) is 6.61 Å². The van der Waals surface area contributed by atoms with Crippen LogP contribution in [0.1, 0.15) is 0 Å². The zero-order valence-corrected chi connectivity index (χ0v) is 10.3. The van der Waals surface area contributed by atoms with Gasteiger partial charge in [-0.25, -0.2) is 0 Å². The Morgan fingerprint density at radius 3 is 2.29 bits per heavy atom. The summed E-state index contributed by atoms with van der Waals surface area (Å²) in [6, 6.07) is 0. The molecule has 0 saturated carbocycles. The first-order valence-electron chi connectivity index (χ1n) is 5.27. The molecule has 0 atom stereocenters. The summed E-state index contributed by atoms with van der Waals surface area (Å²) in [5, 5.41) is 0. The van der Waals surface area contributed by atoms with Gasteiger partial charge in [0.2, 0.25) is 0 Å². The van der Waals surface area contributed by atoms with Crippen LogP contribution in [0.2, 0.25) is 0 Å². The summed E-state index contributed by atoms with van der Waals surface area (Å²) in [7, 11) is 2.90. The molecule has 7 nitrogen and oxygen atoms in total. The molecule has 0 aromatic heterocycles. The number of hydrogen-bond acceptors (Lipinski definition) is 7. The van der Waals surface area contributed by atoms with Crippen LogP contribution >= 0.6 is 0 Å². The average molecular weight is 248 g/mol. The molecule has 17 heavy (non-hydrogen) atoms. The molecule has 2 N–H and O–H groups in total. The number of methoxy groups -OCH3 is 2. The van der Waals surface area contributed by atoms with E-state index in [4.69, 9.17) is 15.2 Å². The molecule has 0 rings (SSSR count). The van der Waals surface area contributed by atoms with E-state index in [0.29, 0.717) is 19.7 Å². The predicted octanol–water partition coefficient (Wildman–Crippen LogP) is -1.39. The van der Waals surface area contributed by atoms with E-state index in [2.05, 4.69) is 4.74 Å². The first-order valence-corrected chi connectivity index (χ1v) is 5.27. The van der Waals surface area contributed by atoms with Crippen molar-refractivity contribution in [1.82, 2.24) is 4.90 Å². The smallest absolute Gasteiger partial charge is 0.319 e. The molecule has 0 spiro atoms. The number of rotatable bonds is 9. The van der Waals surface area contributed by atoms with Gasteiger partial charge in [0.15, 0.2) is 0 Å². The highest BCUT2D eigenvalue weighted by Gasteiger charge is 2.11. The number of hydrogen-bond donors (Lipinski definition) is 1. The van der Waals surface area contributed by atoms with Gasteiger partial charge in [-0.3, -0.25) is 14.5 Å². The van der Waals surface area contributed by atoms with Crippen molar-refractivity contribution in [3.63, 3.8) is 0 Å². The van der Waals surface area contributed by atoms with E-state index in [9.17, 15) is 9.59 Å². The Hall–Kier alpha value is -1.18. The van der Waals surface area contributed by atoms with Crippen LogP contribution in [0.15, 0.2) is 0 Å². The molecule has 0 aliphatic heterocycles. The summed E-state index contributed by atoms with van der Waals surface area (Å²) in [4.78, 5) is 23.7. The lowest BCUT2D eigenvalue weighted by Gasteiger charge is -2.20. The van der Waals surface area contributed by atoms with Crippen molar-refractivity contribution < 1.29 is 23.8 Å². The third kappa shape index (κ3) is 8.61. The van der Waals surface area contributed by atoms with Crippen LogP contribution in [0.3, 0.4) is 0 Å². The third-order valence-electron chi connectivity index (χ3n) is 2.03. The summed E-state index contributed by atoms with van der Waals surface area (Å²) in [6.07, 6.45) is 0. The standard InChI is InChI=1S/C10H20N2O5/c1-15-5-3-12(8-10(14)16-2)4-6-17-9(13)7-11/h3-8,11H2,1-2H3. The maximum Gasteiger partial charge on any atom is 0.319 e. The lowest BCUT2D eigenvalue weighted by atomic mass is 10.4. The summed E-state index contributed by atoms with van der Waals surface area (Å²) in [6.45, 7) is 1.67. The average Bonchev–Trinajstić information content (AvgIpc) is 2.34. The van der Waals surface area contributed by atoms with Gasteiger partial charge >= 0.3 is 11.9 Å². The molecule has 0 amide bonds. The van der Waals surface area contributed by atoms with Gasteiger partial charge in [-0.2, -0.15) is 0 Å². The molecule has 0 fully saturated rings. The molecule has 0 radical (unpaired) electrons. The van der Waals surface area contributed by atoms with E-state index in [1.807, 2.05) is 0 Å². The predicted molar refractivity (Wildman–Crippen MR) is 60.3 cm³/mol. The van der Waals surface area contributed by atoms with Crippen LogP contribution in [0.25, 0.3) is 0 Å². The zero-order valence-electron chi connectivity index (χ0n) is 10.3. The molecule has 0 heterocycles. The van der Waals surface area contributed by atoms with Crippen molar-refractivity contribution in [1.29, 1.82) is 0 Å². The first-order chi connectivity index (χ1) is 8.13. The van der Waals surface area contributed by atoms with E-state index in [1.54, 1.807) is 12.0 Å². The van der Waals surface area contributed by atoms with Crippen LogP contribution in [0.5, 0.6) is 0 Å². The topological polar surface area (TPSA) is 91.1 Å². The van der Waals surface area contributed by atoms with Gasteiger partial charge < -0.3 is 19.9 Å². The fourth-order valence-corrected chi connectivity index (χ4v) is 1.08. The van der Waals surface area contributed by atoms with Gasteiger partial charge in [-0.05, 0) is 0 Å². The monoisotopic (exact) mass is 248 g/mol. The Bertz CT molecular complexity index is 235. The Morgan fingerprint density at radius 1 is 1.12 bits per heavy atom. The molecule has 0 aliphatic rings. The van der Waals surface area contributed by atoms with Gasteiger partial charge in [-0.1, -0.05) is 0 Å². The summed E-state index contributed by atoms with van der Waals surface area (Å²) >= 11 is 0.